The van der Waals surface area contributed by atoms with Crippen LogP contribution in [0.5, 0.6) is 0 Å². The highest BCUT2D eigenvalue weighted by molar-refractivity contribution is 5.99. The van der Waals surface area contributed by atoms with Crippen molar-refractivity contribution in [2.75, 3.05) is 16.8 Å². The summed E-state index contributed by atoms with van der Waals surface area (Å²) < 4.78 is 0. The van der Waals surface area contributed by atoms with E-state index >= 15 is 0 Å². The number of nitrogens with one attached hydrogen (secondary N) is 1. The fourth-order valence-electron chi connectivity index (χ4n) is 2.63. The lowest BCUT2D eigenvalue weighted by atomic mass is 10.0. The molecule has 2 heterocycles. The molecule has 1 aromatic carbocycles. The minimum Gasteiger partial charge on any atom is -0.358 e. The van der Waals surface area contributed by atoms with E-state index in [1.54, 1.807) is 23.2 Å². The molecule has 0 bridgehead atoms. The van der Waals surface area contributed by atoms with Crippen LogP contribution in [0.15, 0.2) is 48.7 Å². The second kappa shape index (κ2) is 6.27. The van der Waals surface area contributed by atoms with Gasteiger partial charge >= 0.3 is 0 Å². The lowest BCUT2D eigenvalue weighted by molar-refractivity contribution is -0.120. The Morgan fingerprint density at radius 2 is 2.09 bits per heavy atom. The number of pyridine rings is 1. The Labute approximate surface area is 129 Å². The Bertz CT molecular complexity index is 708. The Balaban J connectivity index is 1.77. The summed E-state index contributed by atoms with van der Waals surface area (Å²) in [7, 11) is 0. The molecule has 0 radical (unpaired) electrons. The first-order chi connectivity index (χ1) is 10.8. The van der Waals surface area contributed by atoms with Crippen LogP contribution in [0, 0.1) is 11.3 Å². The molecule has 0 spiro atoms. The molecule has 3 rings (SSSR count). The van der Waals surface area contributed by atoms with E-state index in [1.807, 2.05) is 30.3 Å². The number of carbonyl (C=O) groups is 1. The summed E-state index contributed by atoms with van der Waals surface area (Å²) in [4.78, 5) is 18.6. The normalized spacial score (nSPS) is 17.9. The first kappa shape index (κ1) is 14.1. The maximum Gasteiger partial charge on any atom is 0.249 e. The van der Waals surface area contributed by atoms with Crippen molar-refractivity contribution >= 4 is 17.4 Å². The summed E-state index contributed by atoms with van der Waals surface area (Å²) in [5, 5.41) is 12.1. The van der Waals surface area contributed by atoms with E-state index in [1.165, 1.54) is 0 Å². The molecular formula is C17H16N4O. The average Bonchev–Trinajstić information content (AvgIpc) is 2.58. The van der Waals surface area contributed by atoms with Crippen LogP contribution >= 0.6 is 0 Å². The topological polar surface area (TPSA) is 69.0 Å². The minimum absolute atomic E-state index is 0.0432. The third kappa shape index (κ3) is 2.91. The fraction of sp³-hybridized carbons (Fsp3) is 0.235. The highest BCUT2D eigenvalue weighted by Gasteiger charge is 2.29. The molecule has 1 N–H and O–H groups in total. The van der Waals surface area contributed by atoms with Crippen molar-refractivity contribution in [3.05, 3.63) is 54.2 Å². The smallest absolute Gasteiger partial charge is 0.249 e. The molecule has 1 aliphatic heterocycles. The third-order valence-corrected chi connectivity index (χ3v) is 3.72. The Morgan fingerprint density at radius 1 is 1.27 bits per heavy atom. The van der Waals surface area contributed by atoms with Gasteiger partial charge in [0.15, 0.2) is 0 Å². The van der Waals surface area contributed by atoms with Gasteiger partial charge in [0, 0.05) is 18.4 Å². The summed E-state index contributed by atoms with van der Waals surface area (Å²) in [6.45, 7) is 0.729. The number of carbonyl (C=O) groups excluding carboxylic acids is 1. The maximum atomic E-state index is 12.7. The van der Waals surface area contributed by atoms with Gasteiger partial charge in [-0.25, -0.2) is 4.98 Å². The largest absolute Gasteiger partial charge is 0.358 e. The van der Waals surface area contributed by atoms with Crippen LogP contribution in [-0.2, 0) is 4.79 Å². The van der Waals surface area contributed by atoms with Gasteiger partial charge in [0.1, 0.15) is 11.9 Å². The summed E-state index contributed by atoms with van der Waals surface area (Å²) >= 11 is 0. The number of amides is 1. The second-order valence-corrected chi connectivity index (χ2v) is 5.21. The van der Waals surface area contributed by atoms with Crippen molar-refractivity contribution in [2.45, 2.75) is 18.9 Å². The summed E-state index contributed by atoms with van der Waals surface area (Å²) in [6, 6.07) is 14.7. The Morgan fingerprint density at radius 3 is 2.86 bits per heavy atom. The van der Waals surface area contributed by atoms with E-state index in [4.69, 9.17) is 5.26 Å². The number of rotatable bonds is 3. The zero-order valence-corrected chi connectivity index (χ0v) is 12.1. The molecule has 2 aromatic rings. The van der Waals surface area contributed by atoms with Crippen molar-refractivity contribution < 1.29 is 4.79 Å². The van der Waals surface area contributed by atoms with Crippen molar-refractivity contribution in [1.29, 1.82) is 5.26 Å². The summed E-state index contributed by atoms with van der Waals surface area (Å²) in [5.74, 6) is 0.605. The van der Waals surface area contributed by atoms with E-state index in [0.29, 0.717) is 11.4 Å². The molecule has 1 fully saturated rings. The molecule has 0 aliphatic carbocycles. The van der Waals surface area contributed by atoms with Gasteiger partial charge in [-0.15, -0.1) is 0 Å². The maximum absolute atomic E-state index is 12.7. The van der Waals surface area contributed by atoms with Gasteiger partial charge < -0.3 is 10.2 Å². The molecule has 1 aliphatic rings. The molecule has 110 valence electrons. The van der Waals surface area contributed by atoms with E-state index in [-0.39, 0.29) is 11.9 Å². The number of para-hydroxylation sites is 1. The molecule has 22 heavy (non-hydrogen) atoms. The fourth-order valence-corrected chi connectivity index (χ4v) is 2.63. The van der Waals surface area contributed by atoms with Gasteiger partial charge in [-0.3, -0.25) is 4.79 Å². The van der Waals surface area contributed by atoms with E-state index in [2.05, 4.69) is 16.4 Å². The number of nitriles is 1. The third-order valence-electron chi connectivity index (χ3n) is 3.72. The molecule has 1 aromatic heterocycles. The molecule has 5 heteroatoms. The minimum atomic E-state index is -0.310. The van der Waals surface area contributed by atoms with Crippen LogP contribution in [0.3, 0.4) is 0 Å². The van der Waals surface area contributed by atoms with Crippen LogP contribution < -0.4 is 10.2 Å². The Hall–Kier alpha value is -2.87. The standard InChI is InChI=1S/C17H16N4O/c18-12-13-8-9-19-16(11-13)20-15-7-4-10-21(17(15)22)14-5-2-1-3-6-14/h1-3,5-6,8-9,11,15H,4,7,10H2,(H,19,20)/t15-/m1/s1. The number of aromatic nitrogens is 1. The lowest BCUT2D eigenvalue weighted by Crippen LogP contribution is -2.47. The zero-order valence-electron chi connectivity index (χ0n) is 12.1. The number of benzene rings is 1. The van der Waals surface area contributed by atoms with Crippen LogP contribution in [0.2, 0.25) is 0 Å². The molecule has 5 nitrogen and oxygen atoms in total. The highest BCUT2D eigenvalue weighted by atomic mass is 16.2. The zero-order chi connectivity index (χ0) is 15.4. The Kier molecular flexibility index (Phi) is 4.01. The molecule has 1 amide bonds. The molecule has 1 saturated heterocycles. The predicted molar refractivity (Wildman–Crippen MR) is 84.4 cm³/mol. The SMILES string of the molecule is N#Cc1ccnc(N[C@@H]2CCCN(c3ccccc3)C2=O)c1. The van der Waals surface area contributed by atoms with Gasteiger partial charge in [0.05, 0.1) is 11.6 Å². The average molecular weight is 292 g/mol. The number of nitrogens with zero attached hydrogens (tertiary/aromatic N) is 3. The van der Waals surface area contributed by atoms with Gasteiger partial charge in [0.25, 0.3) is 0 Å². The van der Waals surface area contributed by atoms with Gasteiger partial charge in [0.2, 0.25) is 5.91 Å². The lowest BCUT2D eigenvalue weighted by Gasteiger charge is -2.32. The molecule has 1 atom stereocenters. The summed E-state index contributed by atoms with van der Waals surface area (Å²) in [6.07, 6.45) is 3.26. The van der Waals surface area contributed by atoms with E-state index in [0.717, 1.165) is 25.1 Å². The predicted octanol–water partition coefficient (Wildman–Crippen LogP) is 2.56. The van der Waals surface area contributed by atoms with Crippen LogP contribution in [0.4, 0.5) is 11.5 Å². The van der Waals surface area contributed by atoms with Crippen molar-refractivity contribution in [1.82, 2.24) is 4.98 Å². The number of hydrogen-bond acceptors (Lipinski definition) is 4. The van der Waals surface area contributed by atoms with Crippen LogP contribution in [0.1, 0.15) is 18.4 Å². The second-order valence-electron chi connectivity index (χ2n) is 5.21. The first-order valence-electron chi connectivity index (χ1n) is 7.27. The van der Waals surface area contributed by atoms with Gasteiger partial charge in [-0.2, -0.15) is 5.26 Å². The highest BCUT2D eigenvalue weighted by Crippen LogP contribution is 2.22. The molecule has 0 unspecified atom stereocenters. The molecular weight excluding hydrogens is 276 g/mol. The number of anilines is 2. The van der Waals surface area contributed by atoms with Crippen molar-refractivity contribution in [3.8, 4) is 6.07 Å². The number of piperidine rings is 1. The molecule has 0 saturated carbocycles. The van der Waals surface area contributed by atoms with Crippen LogP contribution in [0.25, 0.3) is 0 Å². The summed E-state index contributed by atoms with van der Waals surface area (Å²) in [5.41, 5.74) is 1.44. The van der Waals surface area contributed by atoms with Crippen LogP contribution in [-0.4, -0.2) is 23.5 Å². The van der Waals surface area contributed by atoms with Crippen molar-refractivity contribution in [2.24, 2.45) is 0 Å². The van der Waals surface area contributed by atoms with Crippen molar-refractivity contribution in [3.63, 3.8) is 0 Å². The van der Waals surface area contributed by atoms with E-state index < -0.39 is 0 Å². The van der Waals surface area contributed by atoms with Gasteiger partial charge in [-0.05, 0) is 37.1 Å². The number of hydrogen-bond donors (Lipinski definition) is 1. The first-order valence-corrected chi connectivity index (χ1v) is 7.27. The van der Waals surface area contributed by atoms with Gasteiger partial charge in [-0.1, -0.05) is 18.2 Å². The van der Waals surface area contributed by atoms with E-state index in [9.17, 15) is 4.79 Å². The quantitative estimate of drug-likeness (QED) is 0.944. The monoisotopic (exact) mass is 292 g/mol.